The summed E-state index contributed by atoms with van der Waals surface area (Å²) in [4.78, 5) is 8.72. The molecule has 2 N–H and O–H groups in total. The second-order valence-corrected chi connectivity index (χ2v) is 10.9. The molecule has 2 aliphatic rings. The minimum absolute atomic E-state index is 0.178. The molecule has 2 aromatic heterocycles. The molecule has 2 aliphatic heterocycles. The van der Waals surface area contributed by atoms with Gasteiger partial charge in [0.15, 0.2) is 0 Å². The summed E-state index contributed by atoms with van der Waals surface area (Å²) >= 11 is 0. The monoisotopic (exact) mass is 501 g/mol. The Kier molecular flexibility index (Phi) is 6.56. The number of nitrogens with zero attached hydrogens (tertiary/aromatic N) is 5. The predicted octanol–water partition coefficient (Wildman–Crippen LogP) is 4.28. The molecule has 0 saturated carbocycles. The van der Waals surface area contributed by atoms with Crippen molar-refractivity contribution in [1.82, 2.24) is 34.9 Å². The molecular weight excluding hydrogens is 465 g/mol. The lowest BCUT2D eigenvalue weighted by Crippen LogP contribution is -2.63. The van der Waals surface area contributed by atoms with E-state index in [2.05, 4.69) is 68.7 Å². The van der Waals surface area contributed by atoms with Gasteiger partial charge in [-0.3, -0.25) is 9.47 Å². The highest BCUT2D eigenvalue weighted by Gasteiger charge is 2.46. The van der Waals surface area contributed by atoms with Crippen molar-refractivity contribution in [2.24, 2.45) is 0 Å². The quantitative estimate of drug-likeness (QED) is 0.413. The second-order valence-electron chi connectivity index (χ2n) is 10.9. The standard InChI is InChI=1S/C29H36FN7/c1-21(27-17-32-28-8-7-25(15-26(27)28)36-19-33-34-20-36)16-29(22-3-5-23(30)6-4-22)18-35(2)13-14-37(29)24-9-11-31-12-10-24/h3-8,15,17,19-21,24,31-32H,9-14,16,18H2,1-2H3. The molecule has 194 valence electrons. The van der Waals surface area contributed by atoms with Crippen LogP contribution in [0.5, 0.6) is 0 Å². The van der Waals surface area contributed by atoms with E-state index in [-0.39, 0.29) is 17.3 Å². The third-order valence-electron chi connectivity index (χ3n) is 8.52. The third-order valence-corrected chi connectivity index (χ3v) is 8.52. The van der Waals surface area contributed by atoms with Crippen LogP contribution in [0.1, 0.15) is 43.2 Å². The van der Waals surface area contributed by atoms with Crippen LogP contribution in [0.15, 0.2) is 61.3 Å². The smallest absolute Gasteiger partial charge is 0.123 e. The van der Waals surface area contributed by atoms with Gasteiger partial charge in [0.2, 0.25) is 0 Å². The number of aromatic amines is 1. The van der Waals surface area contributed by atoms with Crippen LogP contribution in [0.3, 0.4) is 0 Å². The molecule has 0 radical (unpaired) electrons. The average Bonchev–Trinajstić information content (AvgIpc) is 3.60. The number of piperidine rings is 1. The molecule has 4 aromatic rings. The van der Waals surface area contributed by atoms with Crippen molar-refractivity contribution >= 4 is 10.9 Å². The van der Waals surface area contributed by atoms with Crippen molar-refractivity contribution in [3.63, 3.8) is 0 Å². The summed E-state index contributed by atoms with van der Waals surface area (Å²) in [5.41, 5.74) is 4.51. The number of hydrogen-bond donors (Lipinski definition) is 2. The van der Waals surface area contributed by atoms with Crippen LogP contribution in [0, 0.1) is 5.82 Å². The van der Waals surface area contributed by atoms with Crippen LogP contribution < -0.4 is 5.32 Å². The van der Waals surface area contributed by atoms with E-state index >= 15 is 0 Å². The van der Waals surface area contributed by atoms with Gasteiger partial charge in [-0.05, 0) is 86.8 Å². The van der Waals surface area contributed by atoms with Gasteiger partial charge in [0.05, 0.1) is 5.54 Å². The molecule has 2 atom stereocenters. The number of likely N-dealkylation sites (N-methyl/N-ethyl adjacent to an activating group) is 1. The molecule has 8 heteroatoms. The maximum Gasteiger partial charge on any atom is 0.123 e. The Morgan fingerprint density at radius 3 is 2.57 bits per heavy atom. The van der Waals surface area contributed by atoms with Gasteiger partial charge < -0.3 is 15.2 Å². The highest BCUT2D eigenvalue weighted by molar-refractivity contribution is 5.85. The van der Waals surface area contributed by atoms with Crippen LogP contribution in [0.25, 0.3) is 16.6 Å². The Morgan fingerprint density at radius 1 is 1.05 bits per heavy atom. The first-order chi connectivity index (χ1) is 18.0. The number of nitrogens with one attached hydrogen (secondary N) is 2. The molecule has 37 heavy (non-hydrogen) atoms. The fourth-order valence-corrected chi connectivity index (χ4v) is 6.73. The first kappa shape index (κ1) is 24.3. The van der Waals surface area contributed by atoms with Gasteiger partial charge in [-0.2, -0.15) is 0 Å². The first-order valence-corrected chi connectivity index (χ1v) is 13.4. The minimum Gasteiger partial charge on any atom is -0.361 e. The van der Waals surface area contributed by atoms with Crippen molar-refractivity contribution in [3.8, 4) is 5.69 Å². The minimum atomic E-state index is -0.197. The number of halogens is 1. The Labute approximate surface area is 217 Å². The van der Waals surface area contributed by atoms with Crippen molar-refractivity contribution in [2.45, 2.75) is 43.7 Å². The molecule has 4 heterocycles. The lowest BCUT2D eigenvalue weighted by atomic mass is 9.75. The normalized spacial score (nSPS) is 23.0. The van der Waals surface area contributed by atoms with E-state index in [9.17, 15) is 4.39 Å². The number of benzene rings is 2. The number of hydrogen-bond acceptors (Lipinski definition) is 5. The summed E-state index contributed by atoms with van der Waals surface area (Å²) in [6, 6.07) is 14.3. The lowest BCUT2D eigenvalue weighted by Gasteiger charge is -2.55. The molecule has 2 unspecified atom stereocenters. The number of fused-ring (bicyclic) bond motifs is 1. The second kappa shape index (κ2) is 10.0. The van der Waals surface area contributed by atoms with E-state index in [1.165, 1.54) is 16.5 Å². The number of rotatable bonds is 6. The fourth-order valence-electron chi connectivity index (χ4n) is 6.73. The summed E-state index contributed by atoms with van der Waals surface area (Å²) in [7, 11) is 2.22. The molecule has 0 amide bonds. The zero-order valence-electron chi connectivity index (χ0n) is 21.7. The summed E-state index contributed by atoms with van der Waals surface area (Å²) in [5.74, 6) is 0.105. The van der Waals surface area contributed by atoms with Crippen LogP contribution in [0.2, 0.25) is 0 Å². The fraction of sp³-hybridized carbons (Fsp3) is 0.448. The largest absolute Gasteiger partial charge is 0.361 e. The van der Waals surface area contributed by atoms with Gasteiger partial charge in [0, 0.05) is 48.5 Å². The van der Waals surface area contributed by atoms with Crippen molar-refractivity contribution in [1.29, 1.82) is 0 Å². The summed E-state index contributed by atoms with van der Waals surface area (Å²) in [6.07, 6.45) is 8.89. The number of H-pyrrole nitrogens is 1. The van der Waals surface area contributed by atoms with E-state index in [1.807, 2.05) is 16.7 Å². The molecule has 6 rings (SSSR count). The Balaban J connectivity index is 1.41. The van der Waals surface area contributed by atoms with Crippen molar-refractivity contribution in [3.05, 3.63) is 78.3 Å². The van der Waals surface area contributed by atoms with Gasteiger partial charge in [0.1, 0.15) is 18.5 Å². The summed E-state index contributed by atoms with van der Waals surface area (Å²) in [6.45, 7) is 7.46. The Hall–Kier alpha value is -3.07. The molecule has 0 aliphatic carbocycles. The Bertz CT molecular complexity index is 1330. The average molecular weight is 502 g/mol. The van der Waals surface area contributed by atoms with Gasteiger partial charge >= 0.3 is 0 Å². The number of aromatic nitrogens is 4. The number of piperazine rings is 1. The van der Waals surface area contributed by atoms with E-state index in [0.29, 0.717) is 6.04 Å². The van der Waals surface area contributed by atoms with E-state index in [4.69, 9.17) is 0 Å². The summed E-state index contributed by atoms with van der Waals surface area (Å²) < 4.78 is 16.0. The molecule has 2 fully saturated rings. The lowest BCUT2D eigenvalue weighted by molar-refractivity contribution is -0.0448. The molecule has 7 nitrogen and oxygen atoms in total. The molecule has 0 spiro atoms. The third kappa shape index (κ3) is 4.58. The van der Waals surface area contributed by atoms with E-state index in [0.717, 1.165) is 63.2 Å². The highest BCUT2D eigenvalue weighted by atomic mass is 19.1. The van der Waals surface area contributed by atoms with Crippen LogP contribution in [0.4, 0.5) is 4.39 Å². The molecule has 2 saturated heterocycles. The van der Waals surface area contributed by atoms with Gasteiger partial charge in [-0.25, -0.2) is 4.39 Å². The molecular formula is C29H36FN7. The molecule has 2 aromatic carbocycles. The maximum absolute atomic E-state index is 14.1. The van der Waals surface area contributed by atoms with Gasteiger partial charge in [-0.15, -0.1) is 10.2 Å². The Morgan fingerprint density at radius 2 is 1.81 bits per heavy atom. The topological polar surface area (TPSA) is 65.0 Å². The summed E-state index contributed by atoms with van der Waals surface area (Å²) in [5, 5.41) is 12.7. The van der Waals surface area contributed by atoms with Crippen LogP contribution in [-0.4, -0.2) is 75.4 Å². The zero-order chi connectivity index (χ0) is 25.4. The van der Waals surface area contributed by atoms with E-state index in [1.54, 1.807) is 24.8 Å². The van der Waals surface area contributed by atoms with Crippen molar-refractivity contribution in [2.75, 3.05) is 39.8 Å². The van der Waals surface area contributed by atoms with Gasteiger partial charge in [-0.1, -0.05) is 19.1 Å². The molecule has 0 bridgehead atoms. The zero-order valence-corrected chi connectivity index (χ0v) is 21.7. The van der Waals surface area contributed by atoms with Crippen LogP contribution in [-0.2, 0) is 5.54 Å². The van der Waals surface area contributed by atoms with E-state index < -0.39 is 0 Å². The SMILES string of the molecule is CC(CC1(c2ccc(F)cc2)CN(C)CCN1C1CCNCC1)c1c[nH]c2ccc(-n3cnnc3)cc12. The predicted molar refractivity (Wildman–Crippen MR) is 144 cm³/mol. The van der Waals surface area contributed by atoms with Gasteiger partial charge in [0.25, 0.3) is 0 Å². The van der Waals surface area contributed by atoms with Crippen molar-refractivity contribution < 1.29 is 4.39 Å². The van der Waals surface area contributed by atoms with Crippen LogP contribution >= 0.6 is 0 Å². The highest BCUT2D eigenvalue weighted by Crippen LogP contribution is 2.44. The maximum atomic E-state index is 14.1. The first-order valence-electron chi connectivity index (χ1n) is 13.4.